The summed E-state index contributed by atoms with van der Waals surface area (Å²) in [6, 6.07) is 2.81. The van der Waals surface area contributed by atoms with E-state index in [-0.39, 0.29) is 32.6 Å². The van der Waals surface area contributed by atoms with Crippen LogP contribution in [0.3, 0.4) is 0 Å². The van der Waals surface area contributed by atoms with E-state index in [1.807, 2.05) is 6.92 Å². The Bertz CT molecular complexity index is 655. The molecule has 0 saturated heterocycles. The highest BCUT2D eigenvalue weighted by Gasteiger charge is 2.13. The van der Waals surface area contributed by atoms with Crippen molar-refractivity contribution in [1.29, 1.82) is 0 Å². The number of benzene rings is 1. The lowest BCUT2D eigenvalue weighted by atomic mass is 10.3. The van der Waals surface area contributed by atoms with Gasteiger partial charge >= 0.3 is 0 Å². The number of hydrogen-bond donors (Lipinski definition) is 1. The highest BCUT2D eigenvalue weighted by Crippen LogP contribution is 2.36. The summed E-state index contributed by atoms with van der Waals surface area (Å²) >= 11 is 17.7. The zero-order valence-corrected chi connectivity index (χ0v) is 13.2. The Balaban J connectivity index is 2.28. The first-order chi connectivity index (χ1) is 10.0. The fraction of sp³-hybridized carbons (Fsp3) is 0.231. The maximum Gasteiger partial charge on any atom is 0.260 e. The minimum Gasteiger partial charge on any atom is -0.435 e. The van der Waals surface area contributed by atoms with Crippen LogP contribution in [-0.4, -0.2) is 16.5 Å². The van der Waals surface area contributed by atoms with E-state index in [4.69, 9.17) is 39.5 Å². The summed E-state index contributed by atoms with van der Waals surface area (Å²) in [5, 5.41) is 3.66. The van der Waals surface area contributed by atoms with Gasteiger partial charge < -0.3 is 10.1 Å². The van der Waals surface area contributed by atoms with Crippen LogP contribution in [0.5, 0.6) is 11.6 Å². The van der Waals surface area contributed by atoms with Crippen LogP contribution in [0.2, 0.25) is 15.1 Å². The van der Waals surface area contributed by atoms with Crippen LogP contribution in [0.15, 0.2) is 18.3 Å². The Hall–Kier alpha value is -1.30. The third-order valence-electron chi connectivity index (χ3n) is 2.43. The molecule has 2 aromatic rings. The summed E-state index contributed by atoms with van der Waals surface area (Å²) in [6.07, 6.45) is 1.90. The molecule has 0 aliphatic carbocycles. The van der Waals surface area contributed by atoms with Crippen molar-refractivity contribution in [3.8, 4) is 11.6 Å². The highest BCUT2D eigenvalue weighted by molar-refractivity contribution is 6.43. The highest BCUT2D eigenvalue weighted by atomic mass is 35.5. The number of nitrogens with zero attached hydrogens (tertiary/aromatic N) is 2. The second kappa shape index (κ2) is 7.11. The molecule has 1 aromatic heterocycles. The van der Waals surface area contributed by atoms with Crippen LogP contribution in [-0.2, 0) is 0 Å². The number of rotatable bonds is 5. The SMILES string of the molecule is CCCNc1ncc(F)c(Oc2cc(Cl)c(Cl)cc2Cl)n1. The Kier molecular flexibility index (Phi) is 5.45. The van der Waals surface area contributed by atoms with E-state index in [0.29, 0.717) is 6.54 Å². The second-order valence-corrected chi connectivity index (χ2v) is 5.29. The summed E-state index contributed by atoms with van der Waals surface area (Å²) in [5.41, 5.74) is 0. The van der Waals surface area contributed by atoms with Crippen LogP contribution >= 0.6 is 34.8 Å². The van der Waals surface area contributed by atoms with Gasteiger partial charge in [-0.3, -0.25) is 0 Å². The van der Waals surface area contributed by atoms with E-state index in [1.54, 1.807) is 0 Å². The van der Waals surface area contributed by atoms with Gasteiger partial charge in [0.25, 0.3) is 5.88 Å². The van der Waals surface area contributed by atoms with Crippen molar-refractivity contribution in [2.45, 2.75) is 13.3 Å². The molecule has 0 saturated carbocycles. The van der Waals surface area contributed by atoms with E-state index >= 15 is 0 Å². The fourth-order valence-electron chi connectivity index (χ4n) is 1.43. The van der Waals surface area contributed by atoms with Crippen molar-refractivity contribution in [1.82, 2.24) is 9.97 Å². The lowest BCUT2D eigenvalue weighted by Crippen LogP contribution is -2.05. The summed E-state index contributed by atoms with van der Waals surface area (Å²) in [6.45, 7) is 2.65. The number of aromatic nitrogens is 2. The van der Waals surface area contributed by atoms with Gasteiger partial charge in [-0.25, -0.2) is 4.98 Å². The van der Waals surface area contributed by atoms with E-state index < -0.39 is 5.82 Å². The van der Waals surface area contributed by atoms with Gasteiger partial charge in [0.05, 0.1) is 21.3 Å². The molecule has 1 aromatic carbocycles. The molecule has 0 amide bonds. The van der Waals surface area contributed by atoms with Crippen LogP contribution in [0.4, 0.5) is 10.3 Å². The Labute approximate surface area is 136 Å². The molecule has 2 rings (SSSR count). The van der Waals surface area contributed by atoms with Gasteiger partial charge in [-0.1, -0.05) is 41.7 Å². The van der Waals surface area contributed by atoms with Gasteiger partial charge in [0.2, 0.25) is 11.8 Å². The Morgan fingerprint density at radius 3 is 2.62 bits per heavy atom. The molecule has 4 nitrogen and oxygen atoms in total. The first-order valence-electron chi connectivity index (χ1n) is 6.10. The van der Waals surface area contributed by atoms with Gasteiger partial charge in [0, 0.05) is 12.6 Å². The first kappa shape index (κ1) is 16.1. The smallest absolute Gasteiger partial charge is 0.260 e. The molecule has 0 radical (unpaired) electrons. The lowest BCUT2D eigenvalue weighted by Gasteiger charge is -2.10. The maximum absolute atomic E-state index is 13.7. The van der Waals surface area contributed by atoms with Crippen molar-refractivity contribution >= 4 is 40.8 Å². The lowest BCUT2D eigenvalue weighted by molar-refractivity contribution is 0.421. The monoisotopic (exact) mass is 349 g/mol. The van der Waals surface area contributed by atoms with Crippen LogP contribution in [0.1, 0.15) is 13.3 Å². The summed E-state index contributed by atoms with van der Waals surface area (Å²) < 4.78 is 19.1. The average molecular weight is 351 g/mol. The molecule has 8 heteroatoms. The standard InChI is InChI=1S/C13H11Cl3FN3O/c1-2-3-18-13-19-6-10(17)12(20-13)21-11-5-8(15)7(14)4-9(11)16/h4-6H,2-3H2,1H3,(H,18,19,20). The van der Waals surface area contributed by atoms with Crippen LogP contribution < -0.4 is 10.1 Å². The van der Waals surface area contributed by atoms with Gasteiger partial charge in [-0.2, -0.15) is 9.37 Å². The number of hydrogen-bond acceptors (Lipinski definition) is 4. The molecule has 1 heterocycles. The molecular weight excluding hydrogens is 340 g/mol. The normalized spacial score (nSPS) is 10.5. The van der Waals surface area contributed by atoms with Crippen molar-refractivity contribution in [3.63, 3.8) is 0 Å². The fourth-order valence-corrected chi connectivity index (χ4v) is 2.01. The van der Waals surface area contributed by atoms with E-state index in [9.17, 15) is 4.39 Å². The average Bonchev–Trinajstić information content (AvgIpc) is 2.45. The zero-order chi connectivity index (χ0) is 15.4. The molecule has 0 atom stereocenters. The molecular formula is C13H11Cl3FN3O. The Morgan fingerprint density at radius 2 is 1.90 bits per heavy atom. The van der Waals surface area contributed by atoms with Crippen molar-refractivity contribution in [2.24, 2.45) is 0 Å². The van der Waals surface area contributed by atoms with Crippen LogP contribution in [0, 0.1) is 5.82 Å². The van der Waals surface area contributed by atoms with Crippen molar-refractivity contribution in [3.05, 3.63) is 39.2 Å². The topological polar surface area (TPSA) is 47.0 Å². The number of halogens is 4. The third-order valence-corrected chi connectivity index (χ3v) is 3.44. The number of nitrogens with one attached hydrogen (secondary N) is 1. The molecule has 0 unspecified atom stereocenters. The van der Waals surface area contributed by atoms with Gasteiger partial charge in [-0.05, 0) is 12.5 Å². The molecule has 1 N–H and O–H groups in total. The molecule has 0 aliphatic rings. The quantitative estimate of drug-likeness (QED) is 0.754. The van der Waals surface area contributed by atoms with Gasteiger partial charge in [-0.15, -0.1) is 0 Å². The molecule has 0 bridgehead atoms. The molecule has 21 heavy (non-hydrogen) atoms. The Morgan fingerprint density at radius 1 is 1.19 bits per heavy atom. The van der Waals surface area contributed by atoms with Crippen molar-refractivity contribution in [2.75, 3.05) is 11.9 Å². The first-order valence-corrected chi connectivity index (χ1v) is 7.23. The largest absolute Gasteiger partial charge is 0.435 e. The predicted octanol–water partition coefficient (Wildman–Crippen LogP) is 5.19. The van der Waals surface area contributed by atoms with Gasteiger partial charge in [0.1, 0.15) is 5.75 Å². The summed E-state index contributed by atoms with van der Waals surface area (Å²) in [4.78, 5) is 7.76. The number of anilines is 1. The van der Waals surface area contributed by atoms with E-state index in [2.05, 4.69) is 15.3 Å². The molecule has 0 spiro atoms. The van der Waals surface area contributed by atoms with E-state index in [1.165, 1.54) is 12.1 Å². The number of ether oxygens (including phenoxy) is 1. The predicted molar refractivity (Wildman–Crippen MR) is 82.3 cm³/mol. The van der Waals surface area contributed by atoms with Crippen molar-refractivity contribution < 1.29 is 9.13 Å². The molecule has 112 valence electrons. The molecule has 0 aliphatic heterocycles. The minimum absolute atomic E-state index is 0.158. The second-order valence-electron chi connectivity index (χ2n) is 4.07. The zero-order valence-electron chi connectivity index (χ0n) is 11.0. The third kappa shape index (κ3) is 4.09. The summed E-state index contributed by atoms with van der Waals surface area (Å²) in [7, 11) is 0. The summed E-state index contributed by atoms with van der Waals surface area (Å²) in [5.74, 6) is -0.530. The van der Waals surface area contributed by atoms with Crippen LogP contribution in [0.25, 0.3) is 0 Å². The molecule has 0 fully saturated rings. The minimum atomic E-state index is -0.709. The van der Waals surface area contributed by atoms with E-state index in [0.717, 1.165) is 12.6 Å². The maximum atomic E-state index is 13.7. The van der Waals surface area contributed by atoms with Gasteiger partial charge in [0.15, 0.2) is 0 Å².